The number of carbonyl (C=O) groups is 1. The van der Waals surface area contributed by atoms with E-state index in [-0.39, 0.29) is 0 Å². The molecule has 0 aromatic heterocycles. The molecule has 167 valence electrons. The van der Waals surface area contributed by atoms with Gasteiger partial charge in [0.05, 0.1) is 0 Å². The van der Waals surface area contributed by atoms with Gasteiger partial charge in [-0.25, -0.2) is 0 Å². The molecule has 1 aromatic rings. The average Bonchev–Trinajstić information content (AvgIpc) is 2.74. The molecule has 1 radical (unpaired) electrons. The number of hydrogen-bond acceptors (Lipinski definition) is 1. The molecule has 0 unspecified atom stereocenters. The summed E-state index contributed by atoms with van der Waals surface area (Å²) >= 11 is -0.734. The van der Waals surface area contributed by atoms with Gasteiger partial charge in [0, 0.05) is 0 Å². The zero-order valence-electron chi connectivity index (χ0n) is 19.4. The van der Waals surface area contributed by atoms with Crippen LogP contribution in [-0.2, 0) is 0 Å². The number of ketones is 1. The molecule has 0 saturated heterocycles. The Kier molecular flexibility index (Phi) is 17.7. The molecule has 1 rings (SSSR count). The molecule has 0 N–H and O–H groups in total. The molecule has 0 fully saturated rings. The Morgan fingerprint density at radius 1 is 0.655 bits per heavy atom. The van der Waals surface area contributed by atoms with Gasteiger partial charge in [-0.3, -0.25) is 0 Å². The minimum atomic E-state index is -0.734. The Morgan fingerprint density at radius 2 is 1.07 bits per heavy atom. The zero-order valence-corrected chi connectivity index (χ0v) is 21.1. The van der Waals surface area contributed by atoms with Gasteiger partial charge >= 0.3 is 147 Å². The Hall–Kier alpha value is -0.591. The van der Waals surface area contributed by atoms with E-state index in [1.54, 1.807) is 0 Å². The van der Waals surface area contributed by atoms with E-state index >= 15 is 0 Å². The van der Waals surface area contributed by atoms with Crippen LogP contribution in [-0.4, -0.2) is 19.7 Å². The van der Waals surface area contributed by atoms with Gasteiger partial charge in [0.1, 0.15) is 0 Å². The van der Waals surface area contributed by atoms with E-state index in [4.69, 9.17) is 0 Å². The topological polar surface area (TPSA) is 17.1 Å². The van der Waals surface area contributed by atoms with Crippen molar-refractivity contribution in [3.05, 3.63) is 35.9 Å². The summed E-state index contributed by atoms with van der Waals surface area (Å²) in [6, 6.07) is 9.82. The van der Waals surface area contributed by atoms with Crippen molar-refractivity contribution in [2.75, 3.05) is 0 Å². The number of unbranched alkanes of at least 4 members (excludes halogenated alkanes) is 15. The quantitative estimate of drug-likeness (QED) is 0.106. The second-order valence-corrected chi connectivity index (χ2v) is 13.5. The van der Waals surface area contributed by atoms with Gasteiger partial charge in [-0.1, -0.05) is 39.0 Å². The summed E-state index contributed by atoms with van der Waals surface area (Å²) < 4.78 is 0. The van der Waals surface area contributed by atoms with Gasteiger partial charge in [0.2, 0.25) is 0 Å². The number of rotatable bonds is 20. The van der Waals surface area contributed by atoms with Crippen LogP contribution in [0.3, 0.4) is 0 Å². The summed E-state index contributed by atoms with van der Waals surface area (Å²) in [5.41, 5.74) is 0.898. The summed E-state index contributed by atoms with van der Waals surface area (Å²) in [7, 11) is 0. The summed E-state index contributed by atoms with van der Waals surface area (Å²) in [6.07, 6.45) is 22.8. The van der Waals surface area contributed by atoms with Crippen molar-refractivity contribution in [3.8, 4) is 0 Å². The third-order valence-corrected chi connectivity index (χ3v) is 9.47. The van der Waals surface area contributed by atoms with Crippen molar-refractivity contribution in [2.24, 2.45) is 0 Å². The summed E-state index contributed by atoms with van der Waals surface area (Å²) in [6.45, 7) is 2.29. The molecular formula is C27H47OSe. The summed E-state index contributed by atoms with van der Waals surface area (Å²) in [5.74, 6) is 2.71. The Balaban J connectivity index is 1.81. The van der Waals surface area contributed by atoms with Gasteiger partial charge in [-0.05, 0) is 0 Å². The SMILES string of the molecule is CCCCCCCCCCCCCCCCCC[Se](C)CC(=O)c1ccccc1. The van der Waals surface area contributed by atoms with Gasteiger partial charge in [0.15, 0.2) is 0 Å². The van der Waals surface area contributed by atoms with E-state index in [1.807, 2.05) is 30.3 Å². The van der Waals surface area contributed by atoms with Crippen LogP contribution in [0.2, 0.25) is 16.5 Å². The van der Waals surface area contributed by atoms with E-state index in [2.05, 4.69) is 12.7 Å². The molecule has 0 saturated carbocycles. The molecule has 1 nitrogen and oxygen atoms in total. The maximum atomic E-state index is 12.3. The van der Waals surface area contributed by atoms with Crippen molar-refractivity contribution in [1.82, 2.24) is 0 Å². The molecule has 29 heavy (non-hydrogen) atoms. The van der Waals surface area contributed by atoms with Crippen molar-refractivity contribution < 1.29 is 4.79 Å². The average molecular weight is 467 g/mol. The second-order valence-electron chi connectivity index (χ2n) is 8.72. The fourth-order valence-electron chi connectivity index (χ4n) is 3.90. The van der Waals surface area contributed by atoms with E-state index < -0.39 is 13.9 Å². The van der Waals surface area contributed by atoms with Crippen LogP contribution in [0.1, 0.15) is 120 Å². The first kappa shape index (κ1) is 26.4. The van der Waals surface area contributed by atoms with Crippen LogP contribution in [0.4, 0.5) is 0 Å². The number of benzene rings is 1. The Bertz CT molecular complexity index is 485. The zero-order chi connectivity index (χ0) is 21.0. The van der Waals surface area contributed by atoms with Crippen LogP contribution in [0.5, 0.6) is 0 Å². The van der Waals surface area contributed by atoms with Crippen molar-refractivity contribution in [3.63, 3.8) is 0 Å². The first-order chi connectivity index (χ1) is 14.2. The molecule has 0 heterocycles. The first-order valence-electron chi connectivity index (χ1n) is 12.4. The second kappa shape index (κ2) is 19.4. The molecule has 1 aromatic carbocycles. The predicted octanol–water partition coefficient (Wildman–Crippen LogP) is 9.26. The van der Waals surface area contributed by atoms with Crippen LogP contribution in [0.15, 0.2) is 30.3 Å². The fraction of sp³-hybridized carbons (Fsp3) is 0.741. The summed E-state index contributed by atoms with van der Waals surface area (Å²) in [5, 5.41) is 2.14. The number of Topliss-reactive ketones (excluding diaryl/α,β-unsaturated/α-hetero) is 1. The van der Waals surface area contributed by atoms with Gasteiger partial charge in [-0.2, -0.15) is 0 Å². The van der Waals surface area contributed by atoms with E-state index in [0.29, 0.717) is 5.78 Å². The van der Waals surface area contributed by atoms with Gasteiger partial charge in [-0.15, -0.1) is 0 Å². The third kappa shape index (κ3) is 15.9. The third-order valence-electron chi connectivity index (χ3n) is 5.82. The van der Waals surface area contributed by atoms with Crippen molar-refractivity contribution in [2.45, 2.75) is 126 Å². The molecule has 2 heteroatoms. The van der Waals surface area contributed by atoms with Gasteiger partial charge in [0.25, 0.3) is 0 Å². The van der Waals surface area contributed by atoms with E-state index in [1.165, 1.54) is 108 Å². The Morgan fingerprint density at radius 3 is 1.52 bits per heavy atom. The summed E-state index contributed by atoms with van der Waals surface area (Å²) in [4.78, 5) is 12.3. The van der Waals surface area contributed by atoms with Crippen molar-refractivity contribution in [1.29, 1.82) is 0 Å². The molecule has 0 amide bonds. The van der Waals surface area contributed by atoms with Crippen LogP contribution < -0.4 is 0 Å². The minimum absolute atomic E-state index is 0.356. The Labute approximate surface area is 186 Å². The first-order valence-corrected chi connectivity index (χ1v) is 16.5. The molecule has 0 aliphatic heterocycles. The fourth-order valence-corrected chi connectivity index (χ4v) is 6.95. The van der Waals surface area contributed by atoms with E-state index in [9.17, 15) is 4.79 Å². The molecule has 0 aliphatic carbocycles. The molecule has 0 bridgehead atoms. The molecule has 0 aliphatic rings. The van der Waals surface area contributed by atoms with Crippen LogP contribution in [0, 0.1) is 0 Å². The predicted molar refractivity (Wildman–Crippen MR) is 132 cm³/mol. The monoisotopic (exact) mass is 467 g/mol. The van der Waals surface area contributed by atoms with Gasteiger partial charge < -0.3 is 0 Å². The van der Waals surface area contributed by atoms with Crippen LogP contribution >= 0.6 is 0 Å². The standard InChI is InChI=1S/C27H47OSe/c1-3-4-5-6-7-8-9-10-11-12-13-14-15-16-17-21-24-29(2)25-27(28)26-22-19-18-20-23-26/h18-20,22-23H,3-17,21,24-25H2,1-2H3. The van der Waals surface area contributed by atoms with Crippen LogP contribution in [0.25, 0.3) is 0 Å². The van der Waals surface area contributed by atoms with E-state index in [0.717, 1.165) is 10.9 Å². The molecule has 0 atom stereocenters. The number of hydrogen-bond donors (Lipinski definition) is 0. The number of carbonyl (C=O) groups excluding carboxylic acids is 1. The normalized spacial score (nSPS) is 11.3. The molecule has 0 spiro atoms. The van der Waals surface area contributed by atoms with Crippen molar-refractivity contribution >= 4 is 19.7 Å². The maximum absolute atomic E-state index is 12.3. The molecular weight excluding hydrogens is 419 g/mol.